The van der Waals surface area contributed by atoms with E-state index in [9.17, 15) is 18.4 Å². The van der Waals surface area contributed by atoms with Crippen molar-refractivity contribution in [2.75, 3.05) is 18.0 Å². The van der Waals surface area contributed by atoms with Crippen molar-refractivity contribution in [2.24, 2.45) is 5.73 Å². The molecule has 4 rings (SSSR count). The molecular formula is C25H28F2N4O2. The van der Waals surface area contributed by atoms with Crippen molar-refractivity contribution >= 4 is 5.69 Å². The van der Waals surface area contributed by atoms with Gasteiger partial charge < -0.3 is 10.6 Å². The molecule has 0 aliphatic carbocycles. The zero-order chi connectivity index (χ0) is 23.5. The van der Waals surface area contributed by atoms with Crippen molar-refractivity contribution in [1.29, 1.82) is 0 Å². The van der Waals surface area contributed by atoms with Crippen molar-refractivity contribution in [3.05, 3.63) is 97.8 Å². The molecule has 1 aromatic heterocycles. The van der Waals surface area contributed by atoms with Crippen LogP contribution in [-0.2, 0) is 13.1 Å². The van der Waals surface area contributed by atoms with Gasteiger partial charge in [0.1, 0.15) is 17.3 Å². The Balaban J connectivity index is 1.85. The lowest BCUT2D eigenvalue weighted by molar-refractivity contribution is 0.486. The molecule has 1 unspecified atom stereocenters. The minimum atomic E-state index is -0.737. The van der Waals surface area contributed by atoms with Crippen LogP contribution in [0.3, 0.4) is 0 Å². The number of nitrogens with two attached hydrogens (primary N) is 1. The standard InChI is InChI=1S/C25H28F2N4O2/c1-17-23(29-13-6-3-7-14-29)24(32)31(16-22(28)18-9-4-2-5-10-18)25(33)30(17)15-19-20(26)11-8-12-21(19)27/h2,4-5,8-12,22H,3,6-7,13-16,28H2,1H3. The van der Waals surface area contributed by atoms with Gasteiger partial charge in [-0.3, -0.25) is 13.9 Å². The molecule has 1 aliphatic heterocycles. The van der Waals surface area contributed by atoms with E-state index in [1.807, 2.05) is 35.2 Å². The lowest BCUT2D eigenvalue weighted by atomic mass is 10.1. The van der Waals surface area contributed by atoms with E-state index in [2.05, 4.69) is 0 Å². The maximum absolute atomic E-state index is 14.4. The van der Waals surface area contributed by atoms with Gasteiger partial charge in [-0.15, -0.1) is 0 Å². The Morgan fingerprint density at radius 2 is 1.55 bits per heavy atom. The zero-order valence-corrected chi connectivity index (χ0v) is 18.6. The molecule has 0 radical (unpaired) electrons. The van der Waals surface area contributed by atoms with Crippen molar-refractivity contribution < 1.29 is 8.78 Å². The Morgan fingerprint density at radius 1 is 0.909 bits per heavy atom. The van der Waals surface area contributed by atoms with E-state index in [-0.39, 0.29) is 18.7 Å². The summed E-state index contributed by atoms with van der Waals surface area (Å²) >= 11 is 0. The number of nitrogens with zero attached hydrogens (tertiary/aromatic N) is 3. The minimum absolute atomic E-state index is 0.0391. The van der Waals surface area contributed by atoms with Crippen LogP contribution in [0.15, 0.2) is 58.1 Å². The Hall–Kier alpha value is -3.26. The van der Waals surface area contributed by atoms with E-state index < -0.39 is 28.9 Å². The lowest BCUT2D eigenvalue weighted by Crippen LogP contribution is -2.47. The summed E-state index contributed by atoms with van der Waals surface area (Å²) in [4.78, 5) is 28.9. The van der Waals surface area contributed by atoms with Crippen LogP contribution in [0, 0.1) is 18.6 Å². The summed E-state index contributed by atoms with van der Waals surface area (Å²) in [5.74, 6) is -1.47. The molecule has 0 amide bonds. The topological polar surface area (TPSA) is 73.3 Å². The highest BCUT2D eigenvalue weighted by Gasteiger charge is 2.24. The molecule has 6 nitrogen and oxygen atoms in total. The molecule has 1 aliphatic rings. The number of piperidine rings is 1. The normalized spacial score (nSPS) is 15.0. The first-order valence-corrected chi connectivity index (χ1v) is 11.2. The van der Waals surface area contributed by atoms with Crippen molar-refractivity contribution in [2.45, 2.75) is 45.3 Å². The molecule has 1 fully saturated rings. The summed E-state index contributed by atoms with van der Waals surface area (Å²) in [7, 11) is 0. The molecule has 0 bridgehead atoms. The summed E-state index contributed by atoms with van der Waals surface area (Å²) in [5.41, 5.74) is 6.65. The number of rotatable bonds is 6. The molecule has 174 valence electrons. The van der Waals surface area contributed by atoms with Crippen LogP contribution in [0.4, 0.5) is 14.5 Å². The molecule has 2 heterocycles. The Kier molecular flexibility index (Phi) is 6.74. The van der Waals surface area contributed by atoms with Gasteiger partial charge in [0.25, 0.3) is 5.56 Å². The van der Waals surface area contributed by atoms with Crippen LogP contribution < -0.4 is 21.9 Å². The van der Waals surface area contributed by atoms with Gasteiger partial charge >= 0.3 is 5.69 Å². The monoisotopic (exact) mass is 454 g/mol. The highest BCUT2D eigenvalue weighted by Crippen LogP contribution is 2.21. The van der Waals surface area contributed by atoms with Crippen LogP contribution in [0.25, 0.3) is 0 Å². The van der Waals surface area contributed by atoms with Gasteiger partial charge in [0.2, 0.25) is 0 Å². The van der Waals surface area contributed by atoms with Crippen molar-refractivity contribution in [3.8, 4) is 0 Å². The van der Waals surface area contributed by atoms with E-state index in [0.717, 1.165) is 41.5 Å². The van der Waals surface area contributed by atoms with Crippen molar-refractivity contribution in [1.82, 2.24) is 9.13 Å². The molecule has 3 aromatic rings. The number of anilines is 1. The second kappa shape index (κ2) is 9.70. The first-order chi connectivity index (χ1) is 15.9. The van der Waals surface area contributed by atoms with Crippen LogP contribution in [-0.4, -0.2) is 22.2 Å². The molecular weight excluding hydrogens is 426 g/mol. The lowest BCUT2D eigenvalue weighted by Gasteiger charge is -2.31. The summed E-state index contributed by atoms with van der Waals surface area (Å²) in [6.45, 7) is 2.68. The minimum Gasteiger partial charge on any atom is -0.366 e. The Morgan fingerprint density at radius 3 is 2.18 bits per heavy atom. The van der Waals surface area contributed by atoms with Crippen LogP contribution in [0.1, 0.15) is 42.1 Å². The average Bonchev–Trinajstić information content (AvgIpc) is 2.82. The molecule has 1 saturated heterocycles. The first-order valence-electron chi connectivity index (χ1n) is 11.2. The van der Waals surface area contributed by atoms with E-state index in [4.69, 9.17) is 5.73 Å². The fraction of sp³-hybridized carbons (Fsp3) is 0.360. The maximum atomic E-state index is 14.4. The summed E-state index contributed by atoms with van der Waals surface area (Å²) < 4.78 is 31.2. The number of benzene rings is 2. The maximum Gasteiger partial charge on any atom is 0.331 e. The van der Waals surface area contributed by atoms with Gasteiger partial charge in [-0.2, -0.15) is 0 Å². The Labute approximate surface area is 190 Å². The molecule has 8 heteroatoms. The molecule has 1 atom stereocenters. The van der Waals surface area contributed by atoms with Gasteiger partial charge in [0, 0.05) is 30.4 Å². The van der Waals surface area contributed by atoms with E-state index in [1.165, 1.54) is 10.6 Å². The molecule has 33 heavy (non-hydrogen) atoms. The largest absolute Gasteiger partial charge is 0.366 e. The summed E-state index contributed by atoms with van der Waals surface area (Å²) in [6, 6.07) is 12.2. The summed E-state index contributed by atoms with van der Waals surface area (Å²) in [6.07, 6.45) is 2.94. The third-order valence-electron chi connectivity index (χ3n) is 6.31. The summed E-state index contributed by atoms with van der Waals surface area (Å²) in [5, 5.41) is 0. The van der Waals surface area contributed by atoms with Crippen LogP contribution in [0.5, 0.6) is 0 Å². The van der Waals surface area contributed by atoms with Gasteiger partial charge in [0.05, 0.1) is 13.1 Å². The molecule has 0 saturated carbocycles. The zero-order valence-electron chi connectivity index (χ0n) is 18.6. The van der Waals surface area contributed by atoms with Gasteiger partial charge in [-0.1, -0.05) is 36.4 Å². The van der Waals surface area contributed by atoms with Gasteiger partial charge in [-0.25, -0.2) is 13.6 Å². The van der Waals surface area contributed by atoms with Gasteiger partial charge in [0.15, 0.2) is 0 Å². The third kappa shape index (κ3) is 4.61. The number of hydrogen-bond donors (Lipinski definition) is 1. The fourth-order valence-corrected chi connectivity index (χ4v) is 4.46. The highest BCUT2D eigenvalue weighted by molar-refractivity contribution is 5.49. The smallest absolute Gasteiger partial charge is 0.331 e. The highest BCUT2D eigenvalue weighted by atomic mass is 19.1. The van der Waals surface area contributed by atoms with Crippen LogP contribution >= 0.6 is 0 Å². The average molecular weight is 455 g/mol. The number of hydrogen-bond acceptors (Lipinski definition) is 4. The molecule has 2 N–H and O–H groups in total. The first kappa shape index (κ1) is 22.9. The fourth-order valence-electron chi connectivity index (χ4n) is 4.46. The number of aromatic nitrogens is 2. The van der Waals surface area contributed by atoms with Crippen molar-refractivity contribution in [3.63, 3.8) is 0 Å². The third-order valence-corrected chi connectivity index (χ3v) is 6.31. The SMILES string of the molecule is Cc1c(N2CCCCC2)c(=O)n(CC(N)c2ccccc2)c(=O)n1Cc1c(F)cccc1F. The predicted molar refractivity (Wildman–Crippen MR) is 125 cm³/mol. The quantitative estimate of drug-likeness (QED) is 0.620. The van der Waals surface area contributed by atoms with Gasteiger partial charge in [-0.05, 0) is 43.9 Å². The molecule has 0 spiro atoms. The number of halogens is 2. The van der Waals surface area contributed by atoms with E-state index in [0.29, 0.717) is 24.5 Å². The van der Waals surface area contributed by atoms with Crippen LogP contribution in [0.2, 0.25) is 0 Å². The Bertz CT molecular complexity index is 1230. The van der Waals surface area contributed by atoms with E-state index >= 15 is 0 Å². The van der Waals surface area contributed by atoms with E-state index in [1.54, 1.807) is 6.92 Å². The molecule has 2 aromatic carbocycles. The second-order valence-electron chi connectivity index (χ2n) is 8.48. The second-order valence-corrected chi connectivity index (χ2v) is 8.48. The predicted octanol–water partition coefficient (Wildman–Crippen LogP) is 3.34.